The van der Waals surface area contributed by atoms with E-state index in [0.29, 0.717) is 10.0 Å². The topological polar surface area (TPSA) is 66.4 Å². The minimum Gasteiger partial charge on any atom is -0.477 e. The maximum Gasteiger partial charge on any atom is 0.348 e. The molecular formula is C13H9BrFNO3S. The lowest BCUT2D eigenvalue weighted by molar-refractivity contribution is 0.0703. The van der Waals surface area contributed by atoms with Gasteiger partial charge in [0.1, 0.15) is 10.7 Å². The largest absolute Gasteiger partial charge is 0.477 e. The monoisotopic (exact) mass is 357 g/mol. The summed E-state index contributed by atoms with van der Waals surface area (Å²) in [6, 6.07) is 4.04. The van der Waals surface area contributed by atoms with Crippen LogP contribution in [-0.4, -0.2) is 17.0 Å². The summed E-state index contributed by atoms with van der Waals surface area (Å²) in [5, 5.41) is 13.1. The molecule has 1 aromatic heterocycles. The maximum absolute atomic E-state index is 13.7. The highest BCUT2D eigenvalue weighted by atomic mass is 79.9. The summed E-state index contributed by atoms with van der Waals surface area (Å²) in [4.78, 5) is 23.1. The highest BCUT2D eigenvalue weighted by molar-refractivity contribution is 9.10. The van der Waals surface area contributed by atoms with Gasteiger partial charge in [0.2, 0.25) is 0 Å². The van der Waals surface area contributed by atoms with Crippen molar-refractivity contribution in [1.29, 1.82) is 0 Å². The quantitative estimate of drug-likeness (QED) is 0.874. The van der Waals surface area contributed by atoms with E-state index in [1.807, 2.05) is 0 Å². The summed E-state index contributed by atoms with van der Waals surface area (Å²) in [5.41, 5.74) is 0.684. The molecule has 0 aliphatic rings. The number of aromatic carboxylic acids is 1. The fourth-order valence-corrected chi connectivity index (χ4v) is 2.79. The molecule has 0 fully saturated rings. The number of carbonyl (C=O) groups is 2. The number of carbonyl (C=O) groups excluding carboxylic acids is 1. The first-order chi connectivity index (χ1) is 9.40. The van der Waals surface area contributed by atoms with Gasteiger partial charge in [-0.25, -0.2) is 9.18 Å². The van der Waals surface area contributed by atoms with Crippen molar-refractivity contribution in [2.24, 2.45) is 0 Å². The molecule has 2 aromatic rings. The number of anilines is 1. The van der Waals surface area contributed by atoms with Gasteiger partial charge in [0.25, 0.3) is 5.91 Å². The van der Waals surface area contributed by atoms with Gasteiger partial charge in [0, 0.05) is 4.47 Å². The zero-order chi connectivity index (χ0) is 14.9. The van der Waals surface area contributed by atoms with Crippen LogP contribution >= 0.6 is 27.3 Å². The Labute approximate surface area is 126 Å². The zero-order valence-corrected chi connectivity index (χ0v) is 12.6. The van der Waals surface area contributed by atoms with Gasteiger partial charge in [-0.15, -0.1) is 11.3 Å². The standard InChI is InChI=1S/C13H9BrFNO3S/c1-6-5-20-11(13(18)19)10(6)16-12(17)8-3-2-7(14)4-9(8)15/h2-5H,1H3,(H,16,17)(H,18,19). The second-order valence-corrected chi connectivity index (χ2v) is 5.80. The summed E-state index contributed by atoms with van der Waals surface area (Å²) >= 11 is 4.11. The summed E-state index contributed by atoms with van der Waals surface area (Å²) in [6.45, 7) is 1.68. The van der Waals surface area contributed by atoms with Crippen LogP contribution in [0.3, 0.4) is 0 Å². The third-order valence-corrected chi connectivity index (χ3v) is 4.16. The Morgan fingerprint density at radius 2 is 2.10 bits per heavy atom. The molecule has 104 valence electrons. The Morgan fingerprint density at radius 1 is 1.40 bits per heavy atom. The van der Waals surface area contributed by atoms with Gasteiger partial charge in [0.15, 0.2) is 0 Å². The van der Waals surface area contributed by atoms with Crippen LogP contribution in [0, 0.1) is 12.7 Å². The van der Waals surface area contributed by atoms with E-state index in [1.54, 1.807) is 12.3 Å². The van der Waals surface area contributed by atoms with Crippen LogP contribution in [0.25, 0.3) is 0 Å². The molecule has 2 N–H and O–H groups in total. The lowest BCUT2D eigenvalue weighted by Crippen LogP contribution is -2.15. The summed E-state index contributed by atoms with van der Waals surface area (Å²) in [7, 11) is 0. The van der Waals surface area contributed by atoms with E-state index < -0.39 is 17.7 Å². The number of carboxylic acids is 1. The van der Waals surface area contributed by atoms with E-state index >= 15 is 0 Å². The van der Waals surface area contributed by atoms with Crippen molar-refractivity contribution in [3.8, 4) is 0 Å². The lowest BCUT2D eigenvalue weighted by atomic mass is 10.2. The van der Waals surface area contributed by atoms with Gasteiger partial charge < -0.3 is 10.4 Å². The van der Waals surface area contributed by atoms with Crippen LogP contribution in [0.1, 0.15) is 25.6 Å². The fourth-order valence-electron chi connectivity index (χ4n) is 1.61. The average molecular weight is 358 g/mol. The number of aryl methyl sites for hydroxylation is 1. The number of amides is 1. The molecule has 4 nitrogen and oxygen atoms in total. The van der Waals surface area contributed by atoms with Gasteiger partial charge in [-0.1, -0.05) is 15.9 Å². The molecule has 0 saturated carbocycles. The first kappa shape index (κ1) is 14.7. The third kappa shape index (κ3) is 2.88. The van der Waals surface area contributed by atoms with Crippen molar-refractivity contribution >= 4 is 44.8 Å². The average Bonchev–Trinajstić information content (AvgIpc) is 2.71. The number of benzene rings is 1. The van der Waals surface area contributed by atoms with Crippen LogP contribution in [-0.2, 0) is 0 Å². The van der Waals surface area contributed by atoms with Crippen molar-refractivity contribution in [2.75, 3.05) is 5.32 Å². The highest BCUT2D eigenvalue weighted by Gasteiger charge is 2.19. The highest BCUT2D eigenvalue weighted by Crippen LogP contribution is 2.28. The molecule has 0 aliphatic heterocycles. The van der Waals surface area contributed by atoms with Crippen LogP contribution in [0.2, 0.25) is 0 Å². The summed E-state index contributed by atoms with van der Waals surface area (Å²) in [6.07, 6.45) is 0. The molecule has 0 saturated heterocycles. The molecule has 0 unspecified atom stereocenters. The van der Waals surface area contributed by atoms with Gasteiger partial charge >= 0.3 is 5.97 Å². The van der Waals surface area contributed by atoms with Gasteiger partial charge in [-0.05, 0) is 36.1 Å². The SMILES string of the molecule is Cc1csc(C(=O)O)c1NC(=O)c1ccc(Br)cc1F. The van der Waals surface area contributed by atoms with Crippen molar-refractivity contribution < 1.29 is 19.1 Å². The van der Waals surface area contributed by atoms with E-state index in [9.17, 15) is 14.0 Å². The molecule has 0 aliphatic carbocycles. The number of nitrogens with one attached hydrogen (secondary N) is 1. The normalized spacial score (nSPS) is 10.3. The number of hydrogen-bond acceptors (Lipinski definition) is 3. The predicted molar refractivity (Wildman–Crippen MR) is 78.1 cm³/mol. The van der Waals surface area contributed by atoms with Gasteiger partial charge in [-0.2, -0.15) is 0 Å². The Kier molecular flexibility index (Phi) is 4.20. The fraction of sp³-hybridized carbons (Fsp3) is 0.0769. The van der Waals surface area contributed by atoms with E-state index in [0.717, 1.165) is 11.3 Å². The Bertz CT molecular complexity index is 699. The first-order valence-electron chi connectivity index (χ1n) is 5.48. The van der Waals surface area contributed by atoms with Crippen molar-refractivity contribution in [3.05, 3.63) is 49.9 Å². The van der Waals surface area contributed by atoms with E-state index in [4.69, 9.17) is 5.11 Å². The van der Waals surface area contributed by atoms with Crippen LogP contribution in [0.4, 0.5) is 10.1 Å². The molecule has 1 amide bonds. The Morgan fingerprint density at radius 3 is 2.70 bits per heavy atom. The van der Waals surface area contributed by atoms with Gasteiger partial charge in [-0.3, -0.25) is 4.79 Å². The number of rotatable bonds is 3. The number of carboxylic acid groups (broad SMARTS) is 1. The van der Waals surface area contributed by atoms with Crippen molar-refractivity contribution in [2.45, 2.75) is 6.92 Å². The molecule has 1 aromatic carbocycles. The number of halogens is 2. The molecule has 20 heavy (non-hydrogen) atoms. The molecule has 0 spiro atoms. The molecule has 0 bridgehead atoms. The zero-order valence-electron chi connectivity index (χ0n) is 10.2. The van der Waals surface area contributed by atoms with Gasteiger partial charge in [0.05, 0.1) is 11.3 Å². The van der Waals surface area contributed by atoms with Crippen LogP contribution in [0.5, 0.6) is 0 Å². The van der Waals surface area contributed by atoms with Crippen molar-refractivity contribution in [1.82, 2.24) is 0 Å². The summed E-state index contributed by atoms with van der Waals surface area (Å²) in [5.74, 6) is -2.49. The van der Waals surface area contributed by atoms with Crippen LogP contribution < -0.4 is 5.32 Å². The smallest absolute Gasteiger partial charge is 0.348 e. The second-order valence-electron chi connectivity index (χ2n) is 4.01. The third-order valence-electron chi connectivity index (χ3n) is 2.58. The molecule has 1 heterocycles. The molecule has 0 atom stereocenters. The van der Waals surface area contributed by atoms with Crippen molar-refractivity contribution in [3.63, 3.8) is 0 Å². The number of thiophene rings is 1. The van der Waals surface area contributed by atoms with Crippen LogP contribution in [0.15, 0.2) is 28.1 Å². The molecular weight excluding hydrogens is 349 g/mol. The van der Waals surface area contributed by atoms with E-state index in [1.165, 1.54) is 18.2 Å². The molecule has 0 radical (unpaired) electrons. The first-order valence-corrected chi connectivity index (χ1v) is 7.15. The van der Waals surface area contributed by atoms with E-state index in [-0.39, 0.29) is 16.1 Å². The predicted octanol–water partition coefficient (Wildman–Crippen LogP) is 3.91. The minimum absolute atomic E-state index is 0.0216. The Hall–Kier alpha value is -1.73. The maximum atomic E-state index is 13.7. The molecule has 7 heteroatoms. The minimum atomic E-state index is -1.13. The second kappa shape index (κ2) is 5.72. The summed E-state index contributed by atoms with van der Waals surface area (Å²) < 4.78 is 14.2. The van der Waals surface area contributed by atoms with E-state index in [2.05, 4.69) is 21.2 Å². The lowest BCUT2D eigenvalue weighted by Gasteiger charge is -2.07. The molecule has 2 rings (SSSR count). The Balaban J connectivity index is 2.33. The number of hydrogen-bond donors (Lipinski definition) is 2.